The maximum atomic E-state index is 12.0. The number of carbonyl (C=O) groups excluding carboxylic acids is 1. The van der Waals surface area contributed by atoms with Gasteiger partial charge in [-0.3, -0.25) is 4.79 Å². The number of hydrogen-bond donors (Lipinski definition) is 2. The van der Waals surface area contributed by atoms with E-state index in [1.807, 2.05) is 31.2 Å². The highest BCUT2D eigenvalue weighted by Crippen LogP contribution is 2.15. The third kappa shape index (κ3) is 4.35. The summed E-state index contributed by atoms with van der Waals surface area (Å²) in [6, 6.07) is 14.1. The van der Waals surface area contributed by atoms with E-state index < -0.39 is 0 Å². The summed E-state index contributed by atoms with van der Waals surface area (Å²) in [5, 5.41) is 6.30. The molecule has 0 aliphatic heterocycles. The molecule has 0 bridgehead atoms. The largest absolute Gasteiger partial charge is 0.381 e. The van der Waals surface area contributed by atoms with Crippen molar-refractivity contribution in [1.82, 2.24) is 5.32 Å². The van der Waals surface area contributed by atoms with Gasteiger partial charge in [0.15, 0.2) is 0 Å². The van der Waals surface area contributed by atoms with Crippen molar-refractivity contribution >= 4 is 11.6 Å². The van der Waals surface area contributed by atoms with Crippen LogP contribution in [0.1, 0.15) is 40.4 Å². The van der Waals surface area contributed by atoms with Gasteiger partial charge in [0.05, 0.1) is 0 Å². The van der Waals surface area contributed by atoms with Crippen LogP contribution < -0.4 is 10.6 Å². The van der Waals surface area contributed by atoms with Gasteiger partial charge in [0.2, 0.25) is 0 Å². The highest BCUT2D eigenvalue weighted by Gasteiger charge is 2.05. The minimum absolute atomic E-state index is 0.0164. The molecule has 116 valence electrons. The van der Waals surface area contributed by atoms with Crippen molar-refractivity contribution in [3.63, 3.8) is 0 Å². The van der Waals surface area contributed by atoms with E-state index in [0.29, 0.717) is 12.1 Å². The summed E-state index contributed by atoms with van der Waals surface area (Å²) >= 11 is 0. The Kier molecular flexibility index (Phi) is 5.59. The second kappa shape index (κ2) is 7.64. The Morgan fingerprint density at radius 1 is 1.09 bits per heavy atom. The zero-order valence-corrected chi connectivity index (χ0v) is 13.6. The van der Waals surface area contributed by atoms with Crippen LogP contribution in [-0.4, -0.2) is 12.5 Å². The average Bonchev–Trinajstić information content (AvgIpc) is 2.53. The summed E-state index contributed by atoms with van der Waals surface area (Å²) in [4.78, 5) is 12.0. The van der Waals surface area contributed by atoms with E-state index in [0.717, 1.165) is 18.7 Å². The van der Waals surface area contributed by atoms with Crippen molar-refractivity contribution in [1.29, 1.82) is 0 Å². The van der Waals surface area contributed by atoms with Crippen molar-refractivity contribution in [3.05, 3.63) is 64.7 Å². The number of hydrogen-bond acceptors (Lipinski definition) is 2. The van der Waals surface area contributed by atoms with E-state index >= 15 is 0 Å². The Bertz CT molecular complexity index is 650. The van der Waals surface area contributed by atoms with Crippen LogP contribution in [0.5, 0.6) is 0 Å². The number of nitrogens with one attached hydrogen (secondary N) is 2. The molecule has 2 aromatic carbocycles. The van der Waals surface area contributed by atoms with Gasteiger partial charge in [-0.05, 0) is 49.6 Å². The molecule has 3 heteroatoms. The van der Waals surface area contributed by atoms with Gasteiger partial charge in [0.1, 0.15) is 0 Å². The highest BCUT2D eigenvalue weighted by atomic mass is 16.1. The van der Waals surface area contributed by atoms with Crippen LogP contribution in [0.3, 0.4) is 0 Å². The lowest BCUT2D eigenvalue weighted by atomic mass is 10.1. The number of rotatable bonds is 6. The highest BCUT2D eigenvalue weighted by molar-refractivity contribution is 5.95. The van der Waals surface area contributed by atoms with Crippen molar-refractivity contribution in [3.8, 4) is 0 Å². The van der Waals surface area contributed by atoms with Crippen LogP contribution in [-0.2, 0) is 6.54 Å². The van der Waals surface area contributed by atoms with Gasteiger partial charge in [0.25, 0.3) is 5.91 Å². The quantitative estimate of drug-likeness (QED) is 0.844. The Morgan fingerprint density at radius 2 is 1.91 bits per heavy atom. The zero-order valence-electron chi connectivity index (χ0n) is 13.6. The van der Waals surface area contributed by atoms with Crippen molar-refractivity contribution in [2.24, 2.45) is 0 Å². The molecular formula is C19H24N2O. The van der Waals surface area contributed by atoms with Crippen molar-refractivity contribution < 1.29 is 4.79 Å². The zero-order chi connectivity index (χ0) is 15.9. The van der Waals surface area contributed by atoms with E-state index in [4.69, 9.17) is 0 Å². The predicted molar refractivity (Wildman–Crippen MR) is 92.3 cm³/mol. The molecule has 1 amide bonds. The van der Waals surface area contributed by atoms with Crippen LogP contribution in [0.4, 0.5) is 5.69 Å². The topological polar surface area (TPSA) is 41.1 Å². The molecule has 0 atom stereocenters. The van der Waals surface area contributed by atoms with Gasteiger partial charge in [0, 0.05) is 24.3 Å². The molecule has 2 N–H and O–H groups in total. The summed E-state index contributed by atoms with van der Waals surface area (Å²) in [7, 11) is 0. The lowest BCUT2D eigenvalue weighted by Crippen LogP contribution is -2.23. The normalized spacial score (nSPS) is 10.3. The third-order valence-electron chi connectivity index (χ3n) is 3.65. The first-order valence-corrected chi connectivity index (χ1v) is 7.78. The fourth-order valence-electron chi connectivity index (χ4n) is 2.30. The molecule has 0 saturated heterocycles. The SMILES string of the molecule is CCCNC(=O)c1cccc(NCc2cc(C)ccc2C)c1. The van der Waals surface area contributed by atoms with Crippen LogP contribution in [0.2, 0.25) is 0 Å². The van der Waals surface area contributed by atoms with Gasteiger partial charge in [-0.25, -0.2) is 0 Å². The number of benzene rings is 2. The molecule has 0 unspecified atom stereocenters. The van der Waals surface area contributed by atoms with Gasteiger partial charge in [-0.15, -0.1) is 0 Å². The molecule has 0 heterocycles. The molecule has 22 heavy (non-hydrogen) atoms. The molecule has 2 rings (SSSR count). The Balaban J connectivity index is 2.04. The summed E-state index contributed by atoms with van der Waals surface area (Å²) < 4.78 is 0. The van der Waals surface area contributed by atoms with E-state index in [1.165, 1.54) is 16.7 Å². The number of anilines is 1. The second-order valence-corrected chi connectivity index (χ2v) is 5.62. The number of aryl methyl sites for hydroxylation is 2. The number of carbonyl (C=O) groups is 1. The minimum Gasteiger partial charge on any atom is -0.381 e. The molecule has 0 aromatic heterocycles. The average molecular weight is 296 g/mol. The summed E-state index contributed by atoms with van der Waals surface area (Å²) in [5.74, 6) is -0.0164. The standard InChI is InChI=1S/C19H24N2O/c1-4-10-20-19(22)16-6-5-7-18(12-16)21-13-17-11-14(2)8-9-15(17)3/h5-9,11-12,21H,4,10,13H2,1-3H3,(H,20,22). The first-order chi connectivity index (χ1) is 10.6. The first-order valence-electron chi connectivity index (χ1n) is 7.78. The Hall–Kier alpha value is -2.29. The minimum atomic E-state index is -0.0164. The van der Waals surface area contributed by atoms with Crippen LogP contribution >= 0.6 is 0 Å². The summed E-state index contributed by atoms with van der Waals surface area (Å²) in [6.45, 7) is 7.72. The fourth-order valence-corrected chi connectivity index (χ4v) is 2.30. The maximum Gasteiger partial charge on any atom is 0.251 e. The lowest BCUT2D eigenvalue weighted by Gasteiger charge is -2.11. The molecule has 0 aliphatic carbocycles. The first kappa shape index (κ1) is 16.1. The van der Waals surface area contributed by atoms with E-state index in [2.05, 4.69) is 42.7 Å². The van der Waals surface area contributed by atoms with Crippen LogP contribution in [0.15, 0.2) is 42.5 Å². The third-order valence-corrected chi connectivity index (χ3v) is 3.65. The van der Waals surface area contributed by atoms with E-state index in [-0.39, 0.29) is 5.91 Å². The molecule has 0 fully saturated rings. The van der Waals surface area contributed by atoms with Crippen LogP contribution in [0, 0.1) is 13.8 Å². The molecule has 0 radical (unpaired) electrons. The molecule has 2 aromatic rings. The van der Waals surface area contributed by atoms with Gasteiger partial charge in [-0.2, -0.15) is 0 Å². The summed E-state index contributed by atoms with van der Waals surface area (Å²) in [6.07, 6.45) is 0.941. The Morgan fingerprint density at radius 3 is 2.68 bits per heavy atom. The van der Waals surface area contributed by atoms with Crippen molar-refractivity contribution in [2.75, 3.05) is 11.9 Å². The molecule has 0 spiro atoms. The van der Waals surface area contributed by atoms with Crippen LogP contribution in [0.25, 0.3) is 0 Å². The van der Waals surface area contributed by atoms with Gasteiger partial charge in [-0.1, -0.05) is 36.8 Å². The van der Waals surface area contributed by atoms with Crippen molar-refractivity contribution in [2.45, 2.75) is 33.7 Å². The molecule has 3 nitrogen and oxygen atoms in total. The number of amides is 1. The van der Waals surface area contributed by atoms with Gasteiger partial charge < -0.3 is 10.6 Å². The molecule has 0 aliphatic rings. The second-order valence-electron chi connectivity index (χ2n) is 5.62. The molecular weight excluding hydrogens is 272 g/mol. The van der Waals surface area contributed by atoms with E-state index in [1.54, 1.807) is 0 Å². The van der Waals surface area contributed by atoms with Gasteiger partial charge >= 0.3 is 0 Å². The summed E-state index contributed by atoms with van der Waals surface area (Å²) in [5.41, 5.74) is 5.47. The smallest absolute Gasteiger partial charge is 0.251 e. The monoisotopic (exact) mass is 296 g/mol. The Labute approximate surface area is 132 Å². The van der Waals surface area contributed by atoms with E-state index in [9.17, 15) is 4.79 Å². The lowest BCUT2D eigenvalue weighted by molar-refractivity contribution is 0.0953. The fraction of sp³-hybridized carbons (Fsp3) is 0.316. The predicted octanol–water partition coefficient (Wildman–Crippen LogP) is 4.06. The maximum absolute atomic E-state index is 12.0. The molecule has 0 saturated carbocycles.